The fourth-order valence-corrected chi connectivity index (χ4v) is 9.50. The zero-order valence-electron chi connectivity index (χ0n) is 20.1. The Labute approximate surface area is 177 Å². The SMILES string of the molecule is CC(C)CCC[C@@H](C)C1CC[C@H]2[C@@H]3CC[C@H]4CC(C)CC[C@]4(C)[C@H]3CC[C@]12C. The summed E-state index contributed by atoms with van der Waals surface area (Å²) in [6, 6.07) is 0. The highest BCUT2D eigenvalue weighted by Crippen LogP contribution is 2.68. The fraction of sp³-hybridized carbons (Fsp3) is 1.00. The molecule has 0 aromatic heterocycles. The summed E-state index contributed by atoms with van der Waals surface area (Å²) in [4.78, 5) is 0. The van der Waals surface area contributed by atoms with Gasteiger partial charge in [-0.15, -0.1) is 0 Å². The van der Waals surface area contributed by atoms with Gasteiger partial charge in [-0.25, -0.2) is 0 Å². The third kappa shape index (κ3) is 3.51. The van der Waals surface area contributed by atoms with Crippen molar-refractivity contribution in [3.05, 3.63) is 0 Å². The predicted octanol–water partition coefficient (Wildman–Crippen LogP) is 8.74. The van der Waals surface area contributed by atoms with Crippen LogP contribution in [0, 0.1) is 58.2 Å². The third-order valence-electron chi connectivity index (χ3n) is 11.1. The number of hydrogen-bond donors (Lipinski definition) is 0. The van der Waals surface area contributed by atoms with Crippen molar-refractivity contribution in [1.29, 1.82) is 0 Å². The Morgan fingerprint density at radius 3 is 2.25 bits per heavy atom. The molecule has 4 saturated carbocycles. The van der Waals surface area contributed by atoms with E-state index in [4.69, 9.17) is 0 Å². The van der Waals surface area contributed by atoms with Gasteiger partial charge in [-0.2, -0.15) is 0 Å². The lowest BCUT2D eigenvalue weighted by molar-refractivity contribution is -0.120. The van der Waals surface area contributed by atoms with Gasteiger partial charge in [0.2, 0.25) is 0 Å². The van der Waals surface area contributed by atoms with Crippen molar-refractivity contribution >= 4 is 0 Å². The van der Waals surface area contributed by atoms with Gasteiger partial charge in [0.15, 0.2) is 0 Å². The van der Waals surface area contributed by atoms with Gasteiger partial charge in [-0.05, 0) is 110 Å². The standard InChI is InChI=1S/C28H50/c1-19(2)8-7-9-21(4)24-12-13-25-23-11-10-22-18-20(3)14-16-27(22,5)26(23)15-17-28(24,25)6/h19-26H,7-18H2,1-6H3/t20?,21-,22+,23+,24?,25+,26+,27+,28-/m1/s1. The van der Waals surface area contributed by atoms with E-state index in [-0.39, 0.29) is 0 Å². The van der Waals surface area contributed by atoms with Crippen LogP contribution in [0.25, 0.3) is 0 Å². The van der Waals surface area contributed by atoms with Crippen molar-refractivity contribution in [2.24, 2.45) is 58.2 Å². The minimum atomic E-state index is 0.670. The van der Waals surface area contributed by atoms with Crippen LogP contribution in [-0.4, -0.2) is 0 Å². The van der Waals surface area contributed by atoms with Crippen LogP contribution in [0.3, 0.4) is 0 Å². The van der Waals surface area contributed by atoms with Crippen molar-refractivity contribution in [2.75, 3.05) is 0 Å². The first kappa shape index (κ1) is 21.2. The van der Waals surface area contributed by atoms with E-state index in [1.54, 1.807) is 44.9 Å². The van der Waals surface area contributed by atoms with Crippen LogP contribution in [0.15, 0.2) is 0 Å². The van der Waals surface area contributed by atoms with Gasteiger partial charge in [0, 0.05) is 0 Å². The molecule has 0 aromatic rings. The molecule has 28 heavy (non-hydrogen) atoms. The van der Waals surface area contributed by atoms with Crippen LogP contribution in [0.1, 0.15) is 119 Å². The van der Waals surface area contributed by atoms with Gasteiger partial charge < -0.3 is 0 Å². The van der Waals surface area contributed by atoms with E-state index < -0.39 is 0 Å². The van der Waals surface area contributed by atoms with E-state index in [2.05, 4.69) is 41.5 Å². The average molecular weight is 387 g/mol. The lowest BCUT2D eigenvalue weighted by Gasteiger charge is -2.61. The highest BCUT2D eigenvalue weighted by atomic mass is 14.6. The molecule has 0 aliphatic heterocycles. The maximum atomic E-state index is 2.75. The summed E-state index contributed by atoms with van der Waals surface area (Å²) in [6.45, 7) is 15.4. The molecule has 0 bridgehead atoms. The Hall–Kier alpha value is 0. The largest absolute Gasteiger partial charge is 0.0628 e. The molecule has 0 amide bonds. The minimum Gasteiger partial charge on any atom is -0.0628 e. The molecule has 4 aliphatic carbocycles. The van der Waals surface area contributed by atoms with Crippen LogP contribution in [0.4, 0.5) is 0 Å². The predicted molar refractivity (Wildman–Crippen MR) is 122 cm³/mol. The summed E-state index contributed by atoms with van der Waals surface area (Å²) in [5, 5.41) is 0. The van der Waals surface area contributed by atoms with Crippen LogP contribution in [0.2, 0.25) is 0 Å². The molecule has 0 heterocycles. The number of hydrogen-bond acceptors (Lipinski definition) is 0. The summed E-state index contributed by atoms with van der Waals surface area (Å²) in [6.07, 6.45) is 18.3. The smallest absolute Gasteiger partial charge is 0.0264 e. The molecule has 9 atom stereocenters. The summed E-state index contributed by atoms with van der Waals surface area (Å²) < 4.78 is 0. The second-order valence-electron chi connectivity index (χ2n) is 13.1. The van der Waals surface area contributed by atoms with Crippen LogP contribution in [0.5, 0.6) is 0 Å². The molecular weight excluding hydrogens is 336 g/mol. The highest BCUT2D eigenvalue weighted by Gasteiger charge is 2.60. The van der Waals surface area contributed by atoms with E-state index in [9.17, 15) is 0 Å². The molecule has 0 N–H and O–H groups in total. The Morgan fingerprint density at radius 2 is 1.50 bits per heavy atom. The average Bonchev–Trinajstić information content (AvgIpc) is 2.99. The van der Waals surface area contributed by atoms with Crippen molar-refractivity contribution in [3.8, 4) is 0 Å². The Bertz CT molecular complexity index is 534. The summed E-state index contributed by atoms with van der Waals surface area (Å²) in [7, 11) is 0. The van der Waals surface area contributed by atoms with E-state index in [0.29, 0.717) is 10.8 Å². The normalized spacial score (nSPS) is 49.4. The van der Waals surface area contributed by atoms with Gasteiger partial charge >= 0.3 is 0 Å². The second kappa shape index (κ2) is 7.92. The van der Waals surface area contributed by atoms with Gasteiger partial charge in [-0.3, -0.25) is 0 Å². The molecule has 2 unspecified atom stereocenters. The molecule has 0 spiro atoms. The molecule has 162 valence electrons. The molecule has 0 nitrogen and oxygen atoms in total. The van der Waals surface area contributed by atoms with Crippen LogP contribution >= 0.6 is 0 Å². The quantitative estimate of drug-likeness (QED) is 0.443. The van der Waals surface area contributed by atoms with Crippen molar-refractivity contribution in [3.63, 3.8) is 0 Å². The topological polar surface area (TPSA) is 0 Å². The van der Waals surface area contributed by atoms with E-state index in [1.807, 2.05) is 0 Å². The Balaban J connectivity index is 1.46. The van der Waals surface area contributed by atoms with Gasteiger partial charge in [0.05, 0.1) is 0 Å². The lowest BCUT2D eigenvalue weighted by Crippen LogP contribution is -2.53. The van der Waals surface area contributed by atoms with Crippen LogP contribution in [-0.2, 0) is 0 Å². The van der Waals surface area contributed by atoms with Crippen molar-refractivity contribution in [2.45, 2.75) is 119 Å². The number of fused-ring (bicyclic) bond motifs is 5. The van der Waals surface area contributed by atoms with Gasteiger partial charge in [0.1, 0.15) is 0 Å². The first-order valence-corrected chi connectivity index (χ1v) is 13.3. The summed E-state index contributed by atoms with van der Waals surface area (Å²) in [5.41, 5.74) is 1.36. The highest BCUT2D eigenvalue weighted by molar-refractivity contribution is 5.09. The zero-order valence-corrected chi connectivity index (χ0v) is 20.1. The Kier molecular flexibility index (Phi) is 6.01. The fourth-order valence-electron chi connectivity index (χ4n) is 9.50. The van der Waals surface area contributed by atoms with Gasteiger partial charge in [0.25, 0.3) is 0 Å². The van der Waals surface area contributed by atoms with E-state index >= 15 is 0 Å². The maximum Gasteiger partial charge on any atom is -0.0264 e. The summed E-state index contributed by atoms with van der Waals surface area (Å²) in [5.74, 6) is 8.08. The van der Waals surface area contributed by atoms with E-state index in [0.717, 1.165) is 47.3 Å². The van der Waals surface area contributed by atoms with Crippen molar-refractivity contribution in [1.82, 2.24) is 0 Å². The molecule has 4 rings (SSSR count). The summed E-state index contributed by atoms with van der Waals surface area (Å²) >= 11 is 0. The first-order valence-electron chi connectivity index (χ1n) is 13.3. The first-order chi connectivity index (χ1) is 13.3. The second-order valence-corrected chi connectivity index (χ2v) is 13.1. The minimum absolute atomic E-state index is 0.670. The number of rotatable bonds is 5. The zero-order chi connectivity index (χ0) is 20.1. The van der Waals surface area contributed by atoms with Crippen molar-refractivity contribution < 1.29 is 0 Å². The molecule has 0 aromatic carbocycles. The van der Waals surface area contributed by atoms with E-state index in [1.165, 1.54) is 32.1 Å². The molecule has 0 radical (unpaired) electrons. The molecule has 0 saturated heterocycles. The third-order valence-corrected chi connectivity index (χ3v) is 11.1. The van der Waals surface area contributed by atoms with Crippen LogP contribution < -0.4 is 0 Å². The Morgan fingerprint density at radius 1 is 0.786 bits per heavy atom. The maximum absolute atomic E-state index is 2.75. The molecule has 0 heteroatoms. The molecular formula is C28H50. The van der Waals surface area contributed by atoms with Gasteiger partial charge in [-0.1, -0.05) is 67.2 Å². The lowest BCUT2D eigenvalue weighted by atomic mass is 9.44. The molecule has 4 aliphatic rings. The monoisotopic (exact) mass is 386 g/mol. The molecule has 4 fully saturated rings.